The van der Waals surface area contributed by atoms with Crippen molar-refractivity contribution < 1.29 is 19.5 Å². The van der Waals surface area contributed by atoms with E-state index in [1.54, 1.807) is 13.8 Å². The van der Waals surface area contributed by atoms with Crippen LogP contribution in [0.1, 0.15) is 26.7 Å². The number of carbonyl (C=O) groups is 3. The summed E-state index contributed by atoms with van der Waals surface area (Å²) in [6.45, 7) is 3.41. The number of carboxylic acids is 1. The maximum absolute atomic E-state index is 12.4. The van der Waals surface area contributed by atoms with E-state index in [2.05, 4.69) is 5.32 Å². The van der Waals surface area contributed by atoms with Gasteiger partial charge in [0.25, 0.3) is 0 Å². The van der Waals surface area contributed by atoms with Gasteiger partial charge >= 0.3 is 5.97 Å². The second kappa shape index (κ2) is 4.92. The number of allylic oxidation sites excluding steroid dienone is 2. The van der Waals surface area contributed by atoms with Gasteiger partial charge in [-0.3, -0.25) is 14.4 Å². The van der Waals surface area contributed by atoms with Crippen molar-refractivity contribution in [3.8, 4) is 0 Å². The van der Waals surface area contributed by atoms with E-state index in [1.165, 1.54) is 0 Å². The predicted octanol–water partition coefficient (Wildman–Crippen LogP) is 0.280. The summed E-state index contributed by atoms with van der Waals surface area (Å²) in [6, 6.07) is 0. The second-order valence-electron chi connectivity index (χ2n) is 6.35. The molecule has 20 heavy (non-hydrogen) atoms. The molecule has 2 amide bonds. The number of primary amides is 1. The van der Waals surface area contributed by atoms with Crippen molar-refractivity contribution in [3.05, 3.63) is 12.2 Å². The van der Waals surface area contributed by atoms with Crippen molar-refractivity contribution in [1.29, 1.82) is 0 Å². The zero-order valence-electron chi connectivity index (χ0n) is 11.6. The Balaban J connectivity index is 2.11. The number of rotatable bonds is 5. The Labute approximate surface area is 117 Å². The standard InChI is InChI=1S/C14H20N2O4/c1-14(2,6-9(15)17)16-12(18)10-7-3-4-8(5-7)11(10)13(19)20/h3-4,7-8,10-11H,5-6H2,1-2H3,(H2,15,17)(H,16,18)(H,19,20). The normalized spacial score (nSPS) is 31.3. The molecule has 4 N–H and O–H groups in total. The first-order chi connectivity index (χ1) is 9.21. The van der Waals surface area contributed by atoms with E-state index in [0.717, 1.165) is 0 Å². The van der Waals surface area contributed by atoms with Crippen molar-refractivity contribution in [2.24, 2.45) is 29.4 Å². The van der Waals surface area contributed by atoms with Gasteiger partial charge in [-0.25, -0.2) is 0 Å². The zero-order chi connectivity index (χ0) is 15.1. The van der Waals surface area contributed by atoms with Crippen LogP contribution in [0, 0.1) is 23.7 Å². The molecule has 1 fully saturated rings. The average molecular weight is 280 g/mol. The van der Waals surface area contributed by atoms with Crippen LogP contribution in [0.4, 0.5) is 0 Å². The third kappa shape index (κ3) is 2.69. The second-order valence-corrected chi connectivity index (χ2v) is 6.35. The monoisotopic (exact) mass is 280 g/mol. The van der Waals surface area contributed by atoms with Gasteiger partial charge in [0.05, 0.1) is 11.8 Å². The number of hydrogen-bond donors (Lipinski definition) is 3. The average Bonchev–Trinajstić information content (AvgIpc) is 2.84. The highest BCUT2D eigenvalue weighted by atomic mass is 16.4. The van der Waals surface area contributed by atoms with Gasteiger partial charge in [0.1, 0.15) is 0 Å². The minimum Gasteiger partial charge on any atom is -0.481 e. The summed E-state index contributed by atoms with van der Waals surface area (Å²) in [5, 5.41) is 12.1. The van der Waals surface area contributed by atoms with Crippen LogP contribution in [0.3, 0.4) is 0 Å². The van der Waals surface area contributed by atoms with Crippen LogP contribution in [0.5, 0.6) is 0 Å². The molecular formula is C14H20N2O4. The van der Waals surface area contributed by atoms with E-state index in [9.17, 15) is 19.5 Å². The maximum atomic E-state index is 12.4. The molecular weight excluding hydrogens is 260 g/mol. The summed E-state index contributed by atoms with van der Waals surface area (Å²) in [5.41, 5.74) is 4.38. The molecule has 110 valence electrons. The Bertz CT molecular complexity index is 484. The fourth-order valence-corrected chi connectivity index (χ4v) is 3.41. The quantitative estimate of drug-likeness (QED) is 0.628. The lowest BCUT2D eigenvalue weighted by Crippen LogP contribution is -2.50. The summed E-state index contributed by atoms with van der Waals surface area (Å²) < 4.78 is 0. The molecule has 4 atom stereocenters. The Kier molecular flexibility index (Phi) is 3.58. The molecule has 2 aliphatic rings. The van der Waals surface area contributed by atoms with Gasteiger partial charge in [-0.2, -0.15) is 0 Å². The van der Waals surface area contributed by atoms with Gasteiger partial charge in [-0.1, -0.05) is 12.2 Å². The summed E-state index contributed by atoms with van der Waals surface area (Å²) in [5.74, 6) is -3.06. The first-order valence-electron chi connectivity index (χ1n) is 6.73. The highest BCUT2D eigenvalue weighted by Gasteiger charge is 2.52. The molecule has 0 radical (unpaired) electrons. The topological polar surface area (TPSA) is 109 Å². The molecule has 0 aromatic rings. The van der Waals surface area contributed by atoms with Crippen LogP contribution in [-0.4, -0.2) is 28.4 Å². The lowest BCUT2D eigenvalue weighted by molar-refractivity contribution is -0.148. The van der Waals surface area contributed by atoms with Crippen molar-refractivity contribution in [2.45, 2.75) is 32.2 Å². The fraction of sp³-hybridized carbons (Fsp3) is 0.643. The van der Waals surface area contributed by atoms with Gasteiger partial charge in [-0.05, 0) is 32.1 Å². The minimum atomic E-state index is -0.935. The van der Waals surface area contributed by atoms with E-state index in [0.29, 0.717) is 6.42 Å². The van der Waals surface area contributed by atoms with Crippen molar-refractivity contribution in [3.63, 3.8) is 0 Å². The minimum absolute atomic E-state index is 0.0210. The van der Waals surface area contributed by atoms with Crippen LogP contribution in [0.2, 0.25) is 0 Å². The number of fused-ring (bicyclic) bond motifs is 2. The summed E-state index contributed by atoms with van der Waals surface area (Å²) in [6.07, 6.45) is 4.55. The lowest BCUT2D eigenvalue weighted by atomic mass is 9.82. The number of carbonyl (C=O) groups excluding carboxylic acids is 2. The van der Waals surface area contributed by atoms with Gasteiger partial charge in [0.15, 0.2) is 0 Å². The summed E-state index contributed by atoms with van der Waals surface area (Å²) >= 11 is 0. The third-order valence-electron chi connectivity index (χ3n) is 4.12. The third-order valence-corrected chi connectivity index (χ3v) is 4.12. The molecule has 6 nitrogen and oxygen atoms in total. The first kappa shape index (κ1) is 14.6. The fourth-order valence-electron chi connectivity index (χ4n) is 3.41. The molecule has 2 bridgehead atoms. The molecule has 6 heteroatoms. The maximum Gasteiger partial charge on any atom is 0.307 e. The Hall–Kier alpha value is -1.85. The Morgan fingerprint density at radius 1 is 1.25 bits per heavy atom. The van der Waals surface area contributed by atoms with Gasteiger partial charge in [0.2, 0.25) is 11.8 Å². The van der Waals surface area contributed by atoms with Crippen LogP contribution in [-0.2, 0) is 14.4 Å². The van der Waals surface area contributed by atoms with E-state index in [-0.39, 0.29) is 24.2 Å². The van der Waals surface area contributed by atoms with Crippen molar-refractivity contribution >= 4 is 17.8 Å². The Morgan fingerprint density at radius 3 is 2.30 bits per heavy atom. The van der Waals surface area contributed by atoms with E-state index in [4.69, 9.17) is 5.73 Å². The van der Waals surface area contributed by atoms with Crippen molar-refractivity contribution in [1.82, 2.24) is 5.32 Å². The number of amides is 2. The zero-order valence-corrected chi connectivity index (χ0v) is 11.6. The molecule has 0 aliphatic heterocycles. The van der Waals surface area contributed by atoms with Gasteiger partial charge < -0.3 is 16.2 Å². The van der Waals surface area contributed by atoms with Crippen LogP contribution >= 0.6 is 0 Å². The highest BCUT2D eigenvalue weighted by molar-refractivity contribution is 5.87. The molecule has 4 unspecified atom stereocenters. The number of carboxylic acid groups (broad SMARTS) is 1. The van der Waals surface area contributed by atoms with Crippen molar-refractivity contribution in [2.75, 3.05) is 0 Å². The SMILES string of the molecule is CC(C)(CC(N)=O)NC(=O)C1C2C=CC(C2)C1C(=O)O. The number of hydrogen-bond acceptors (Lipinski definition) is 3. The number of aliphatic carboxylic acids is 1. The smallest absolute Gasteiger partial charge is 0.307 e. The van der Waals surface area contributed by atoms with E-state index >= 15 is 0 Å². The molecule has 2 rings (SSSR count). The summed E-state index contributed by atoms with van der Waals surface area (Å²) in [4.78, 5) is 34.7. The lowest BCUT2D eigenvalue weighted by Gasteiger charge is -2.30. The van der Waals surface area contributed by atoms with Crippen LogP contribution < -0.4 is 11.1 Å². The number of nitrogens with two attached hydrogens (primary N) is 1. The van der Waals surface area contributed by atoms with Gasteiger partial charge in [0, 0.05) is 12.0 Å². The molecule has 2 aliphatic carbocycles. The van der Waals surface area contributed by atoms with E-state index in [1.807, 2.05) is 12.2 Å². The Morgan fingerprint density at radius 2 is 1.80 bits per heavy atom. The first-order valence-corrected chi connectivity index (χ1v) is 6.73. The molecule has 0 saturated heterocycles. The molecule has 0 aromatic carbocycles. The molecule has 0 aromatic heterocycles. The molecule has 0 spiro atoms. The predicted molar refractivity (Wildman–Crippen MR) is 71.4 cm³/mol. The summed E-state index contributed by atoms with van der Waals surface area (Å²) in [7, 11) is 0. The molecule has 0 heterocycles. The largest absolute Gasteiger partial charge is 0.481 e. The van der Waals surface area contributed by atoms with Gasteiger partial charge in [-0.15, -0.1) is 0 Å². The number of nitrogens with one attached hydrogen (secondary N) is 1. The highest BCUT2D eigenvalue weighted by Crippen LogP contribution is 2.48. The van der Waals surface area contributed by atoms with Crippen LogP contribution in [0.15, 0.2) is 12.2 Å². The molecule has 1 saturated carbocycles. The van der Waals surface area contributed by atoms with Crippen LogP contribution in [0.25, 0.3) is 0 Å². The van der Waals surface area contributed by atoms with E-state index < -0.39 is 29.3 Å².